The van der Waals surface area contributed by atoms with Crippen molar-refractivity contribution in [2.75, 3.05) is 5.32 Å². The largest absolute Gasteiger partial charge is 0.355 e. The van der Waals surface area contributed by atoms with Crippen LogP contribution in [-0.4, -0.2) is 16.3 Å². The minimum atomic E-state index is -0.429. The number of nitrogens with one attached hydrogen (secondary N) is 1. The molecule has 0 unspecified atom stereocenters. The number of rotatable bonds is 4. The van der Waals surface area contributed by atoms with Crippen molar-refractivity contribution in [2.45, 2.75) is 0 Å². The standard InChI is InChI=1S/C23H14FN3OS/c24-19-9-14(12-28)1-4-17(19)15-2-5-20-18(10-15)21(7-8-25-20)27-16-3-6-23-22(11-16)26-13-29-23/h1-13H,(H,25,27). The molecule has 6 heteroatoms. The van der Waals surface area contributed by atoms with Crippen LogP contribution in [0, 0.1) is 5.82 Å². The van der Waals surface area contributed by atoms with E-state index in [4.69, 9.17) is 0 Å². The van der Waals surface area contributed by atoms with Crippen molar-refractivity contribution >= 4 is 50.1 Å². The van der Waals surface area contributed by atoms with Gasteiger partial charge in [0.1, 0.15) is 12.1 Å². The molecule has 0 aliphatic rings. The maximum Gasteiger partial charge on any atom is 0.150 e. The molecule has 29 heavy (non-hydrogen) atoms. The third-order valence-electron chi connectivity index (χ3n) is 4.79. The lowest BCUT2D eigenvalue weighted by molar-refractivity contribution is 0.112. The number of fused-ring (bicyclic) bond motifs is 2. The molecule has 0 bridgehead atoms. The van der Waals surface area contributed by atoms with Crippen LogP contribution < -0.4 is 5.32 Å². The summed E-state index contributed by atoms with van der Waals surface area (Å²) < 4.78 is 15.6. The molecule has 0 aliphatic heterocycles. The molecule has 2 aromatic heterocycles. The zero-order valence-electron chi connectivity index (χ0n) is 15.1. The lowest BCUT2D eigenvalue weighted by Crippen LogP contribution is -1.94. The Morgan fingerprint density at radius 3 is 2.72 bits per heavy atom. The van der Waals surface area contributed by atoms with Crippen LogP contribution in [0.4, 0.5) is 15.8 Å². The van der Waals surface area contributed by atoms with E-state index in [1.54, 1.807) is 29.7 Å². The van der Waals surface area contributed by atoms with Gasteiger partial charge in [-0.25, -0.2) is 9.37 Å². The van der Waals surface area contributed by atoms with Gasteiger partial charge in [0.2, 0.25) is 0 Å². The van der Waals surface area contributed by atoms with Gasteiger partial charge in [0.15, 0.2) is 0 Å². The Balaban J connectivity index is 1.59. The number of carbonyl (C=O) groups is 1. The number of anilines is 2. The maximum atomic E-state index is 14.5. The summed E-state index contributed by atoms with van der Waals surface area (Å²) in [5.74, 6) is -0.429. The van der Waals surface area contributed by atoms with Gasteiger partial charge in [-0.2, -0.15) is 0 Å². The van der Waals surface area contributed by atoms with Gasteiger partial charge in [0.25, 0.3) is 0 Å². The fraction of sp³-hybridized carbons (Fsp3) is 0. The van der Waals surface area contributed by atoms with E-state index in [1.807, 2.05) is 48.0 Å². The van der Waals surface area contributed by atoms with E-state index in [-0.39, 0.29) is 0 Å². The lowest BCUT2D eigenvalue weighted by Gasteiger charge is -2.11. The van der Waals surface area contributed by atoms with Crippen molar-refractivity contribution in [2.24, 2.45) is 0 Å². The summed E-state index contributed by atoms with van der Waals surface area (Å²) in [7, 11) is 0. The highest BCUT2D eigenvalue weighted by atomic mass is 32.1. The number of pyridine rings is 1. The van der Waals surface area contributed by atoms with Gasteiger partial charge in [0.05, 0.1) is 21.2 Å². The zero-order valence-corrected chi connectivity index (χ0v) is 15.9. The monoisotopic (exact) mass is 399 g/mol. The van der Waals surface area contributed by atoms with E-state index < -0.39 is 5.82 Å². The molecule has 3 aromatic carbocycles. The highest BCUT2D eigenvalue weighted by molar-refractivity contribution is 7.16. The summed E-state index contributed by atoms with van der Waals surface area (Å²) in [4.78, 5) is 19.7. The number of hydrogen-bond acceptors (Lipinski definition) is 5. The molecule has 5 rings (SSSR count). The number of thiazole rings is 1. The fourth-order valence-corrected chi connectivity index (χ4v) is 4.01. The van der Waals surface area contributed by atoms with E-state index in [9.17, 15) is 9.18 Å². The van der Waals surface area contributed by atoms with E-state index in [0.29, 0.717) is 17.4 Å². The Kier molecular flexibility index (Phi) is 4.26. The molecule has 1 N–H and O–H groups in total. The molecular weight excluding hydrogens is 385 g/mol. The Hall–Kier alpha value is -3.64. The second kappa shape index (κ2) is 7.07. The number of benzene rings is 3. The molecular formula is C23H14FN3OS. The van der Waals surface area contributed by atoms with Gasteiger partial charge >= 0.3 is 0 Å². The van der Waals surface area contributed by atoms with Crippen LogP contribution in [0.2, 0.25) is 0 Å². The second-order valence-electron chi connectivity index (χ2n) is 6.61. The SMILES string of the molecule is O=Cc1ccc(-c2ccc3nccc(Nc4ccc5scnc5c4)c3c2)c(F)c1. The molecule has 0 aliphatic carbocycles. The summed E-state index contributed by atoms with van der Waals surface area (Å²) in [6.07, 6.45) is 2.38. The van der Waals surface area contributed by atoms with Crippen molar-refractivity contribution in [1.29, 1.82) is 0 Å². The maximum absolute atomic E-state index is 14.5. The van der Waals surface area contributed by atoms with E-state index in [2.05, 4.69) is 15.3 Å². The molecule has 0 atom stereocenters. The van der Waals surface area contributed by atoms with Crippen LogP contribution in [0.15, 0.2) is 72.4 Å². The summed E-state index contributed by atoms with van der Waals surface area (Å²) in [6.45, 7) is 0. The first-order valence-electron chi connectivity index (χ1n) is 8.95. The van der Waals surface area contributed by atoms with E-state index in [1.165, 1.54) is 6.07 Å². The third kappa shape index (κ3) is 3.23. The zero-order chi connectivity index (χ0) is 19.8. The van der Waals surface area contributed by atoms with Crippen molar-refractivity contribution in [3.63, 3.8) is 0 Å². The predicted molar refractivity (Wildman–Crippen MR) is 115 cm³/mol. The van der Waals surface area contributed by atoms with Crippen LogP contribution in [-0.2, 0) is 0 Å². The van der Waals surface area contributed by atoms with Crippen molar-refractivity contribution in [3.05, 3.63) is 83.8 Å². The second-order valence-corrected chi connectivity index (χ2v) is 7.49. The molecule has 0 amide bonds. The Morgan fingerprint density at radius 2 is 1.86 bits per heavy atom. The number of aldehydes is 1. The van der Waals surface area contributed by atoms with Crippen molar-refractivity contribution in [1.82, 2.24) is 9.97 Å². The normalized spacial score (nSPS) is 11.1. The topological polar surface area (TPSA) is 54.9 Å². The summed E-state index contributed by atoms with van der Waals surface area (Å²) >= 11 is 1.60. The van der Waals surface area contributed by atoms with Crippen molar-refractivity contribution < 1.29 is 9.18 Å². The van der Waals surface area contributed by atoms with Gasteiger partial charge in [0, 0.05) is 34.1 Å². The number of halogens is 1. The number of aromatic nitrogens is 2. The van der Waals surface area contributed by atoms with Crippen LogP contribution in [0.25, 0.3) is 32.2 Å². The minimum Gasteiger partial charge on any atom is -0.355 e. The highest BCUT2D eigenvalue weighted by Gasteiger charge is 2.10. The first-order valence-corrected chi connectivity index (χ1v) is 9.83. The van der Waals surface area contributed by atoms with Crippen molar-refractivity contribution in [3.8, 4) is 11.1 Å². The highest BCUT2D eigenvalue weighted by Crippen LogP contribution is 2.32. The van der Waals surface area contributed by atoms with Gasteiger partial charge in [-0.15, -0.1) is 11.3 Å². The number of hydrogen-bond donors (Lipinski definition) is 1. The quantitative estimate of drug-likeness (QED) is 0.365. The summed E-state index contributed by atoms with van der Waals surface area (Å²) in [5, 5.41) is 4.30. The number of carbonyl (C=O) groups excluding carboxylic acids is 1. The Labute approximate surface area is 169 Å². The predicted octanol–water partition coefficient (Wildman–Crippen LogP) is 6.21. The molecule has 140 valence electrons. The van der Waals surface area contributed by atoms with Gasteiger partial charge in [-0.1, -0.05) is 18.2 Å². The van der Waals surface area contributed by atoms with Crippen LogP contribution in [0.1, 0.15) is 10.4 Å². The number of nitrogens with zero attached hydrogens (tertiary/aromatic N) is 2. The molecule has 2 heterocycles. The molecule has 5 aromatic rings. The summed E-state index contributed by atoms with van der Waals surface area (Å²) in [5.41, 5.74) is 6.84. The third-order valence-corrected chi connectivity index (χ3v) is 5.60. The Bertz CT molecular complexity index is 1380. The first kappa shape index (κ1) is 17.5. The van der Waals surface area contributed by atoms with Gasteiger partial charge in [-0.3, -0.25) is 9.78 Å². The van der Waals surface area contributed by atoms with Gasteiger partial charge < -0.3 is 5.32 Å². The fourth-order valence-electron chi connectivity index (χ4n) is 3.35. The van der Waals surface area contributed by atoms with Crippen LogP contribution in [0.5, 0.6) is 0 Å². The van der Waals surface area contributed by atoms with Crippen LogP contribution in [0.3, 0.4) is 0 Å². The average molecular weight is 399 g/mol. The Morgan fingerprint density at radius 1 is 0.931 bits per heavy atom. The molecule has 0 saturated carbocycles. The molecule has 0 fully saturated rings. The average Bonchev–Trinajstić information content (AvgIpc) is 3.21. The lowest BCUT2D eigenvalue weighted by atomic mass is 10.0. The molecule has 4 nitrogen and oxygen atoms in total. The minimum absolute atomic E-state index is 0.313. The first-order chi connectivity index (χ1) is 14.2. The van der Waals surface area contributed by atoms with E-state index >= 15 is 0 Å². The molecule has 0 saturated heterocycles. The summed E-state index contributed by atoms with van der Waals surface area (Å²) in [6, 6.07) is 18.0. The smallest absolute Gasteiger partial charge is 0.150 e. The molecule has 0 spiro atoms. The van der Waals surface area contributed by atoms with Gasteiger partial charge in [-0.05, 0) is 48.0 Å². The molecule has 0 radical (unpaired) electrons. The van der Waals surface area contributed by atoms with E-state index in [0.717, 1.165) is 38.1 Å². The van der Waals surface area contributed by atoms with Crippen LogP contribution >= 0.6 is 11.3 Å².